The molecule has 2 heterocycles. The summed E-state index contributed by atoms with van der Waals surface area (Å²) in [5.74, 6) is 0.607. The summed E-state index contributed by atoms with van der Waals surface area (Å²) in [6.07, 6.45) is 2.32. The zero-order chi connectivity index (χ0) is 25.1. The van der Waals surface area contributed by atoms with Gasteiger partial charge in [-0.1, -0.05) is 74.5 Å². The summed E-state index contributed by atoms with van der Waals surface area (Å²) in [6, 6.07) is 25.1. The standard InChI is InChI=1S/C30H29N3O3/c1-21(2)16-17-32-27-15-9-7-13-25(27)31-28(32)19-33-26-14-8-6-12-23(26)24(30(33)35)18-29(34)36-20-22-10-4-3-5-11-22/h3-15,18,21H,16-17,19-20H2,1-2H3/b24-18-. The number of carbonyl (C=O) groups is 2. The van der Waals surface area contributed by atoms with E-state index in [4.69, 9.17) is 9.72 Å². The fourth-order valence-corrected chi connectivity index (χ4v) is 4.52. The van der Waals surface area contributed by atoms with E-state index in [1.165, 1.54) is 6.08 Å². The SMILES string of the molecule is CC(C)CCn1c(CN2C(=O)/C(=C\C(=O)OCc3ccccc3)c3ccccc32)nc2ccccc21. The van der Waals surface area contributed by atoms with E-state index in [9.17, 15) is 9.59 Å². The molecule has 1 aliphatic rings. The minimum Gasteiger partial charge on any atom is -0.458 e. The number of imidazole rings is 1. The third kappa shape index (κ3) is 4.80. The number of nitrogens with zero attached hydrogens (tertiary/aromatic N) is 3. The third-order valence-corrected chi connectivity index (χ3v) is 6.41. The molecule has 0 spiro atoms. The van der Waals surface area contributed by atoms with Gasteiger partial charge in [0.1, 0.15) is 12.4 Å². The van der Waals surface area contributed by atoms with E-state index >= 15 is 0 Å². The average Bonchev–Trinajstić information content (AvgIpc) is 3.37. The molecule has 0 bridgehead atoms. The van der Waals surface area contributed by atoms with Gasteiger partial charge in [-0.25, -0.2) is 9.78 Å². The molecule has 1 amide bonds. The molecule has 0 unspecified atom stereocenters. The normalized spacial score (nSPS) is 14.1. The van der Waals surface area contributed by atoms with E-state index in [-0.39, 0.29) is 12.5 Å². The molecule has 4 aromatic rings. The van der Waals surface area contributed by atoms with Crippen LogP contribution in [0.2, 0.25) is 0 Å². The lowest BCUT2D eigenvalue weighted by molar-refractivity contribution is -0.139. The Morgan fingerprint density at radius 1 is 0.972 bits per heavy atom. The molecule has 0 N–H and O–H groups in total. The van der Waals surface area contributed by atoms with E-state index in [1.54, 1.807) is 4.90 Å². The van der Waals surface area contributed by atoms with Crippen LogP contribution in [0.1, 0.15) is 37.2 Å². The Kier molecular flexibility index (Phi) is 6.67. The highest BCUT2D eigenvalue weighted by atomic mass is 16.5. The number of carbonyl (C=O) groups excluding carboxylic acids is 2. The molecule has 0 radical (unpaired) electrons. The number of amides is 1. The molecule has 5 rings (SSSR count). The van der Waals surface area contributed by atoms with Crippen LogP contribution in [0.4, 0.5) is 5.69 Å². The van der Waals surface area contributed by atoms with E-state index in [0.717, 1.165) is 46.6 Å². The molecular formula is C30H29N3O3. The lowest BCUT2D eigenvalue weighted by Crippen LogP contribution is -2.28. The Hall–Kier alpha value is -4.19. The lowest BCUT2D eigenvalue weighted by atomic mass is 10.1. The van der Waals surface area contributed by atoms with Gasteiger partial charge in [-0.15, -0.1) is 0 Å². The van der Waals surface area contributed by atoms with Gasteiger partial charge in [0.25, 0.3) is 5.91 Å². The summed E-state index contributed by atoms with van der Waals surface area (Å²) >= 11 is 0. The molecule has 0 saturated carbocycles. The van der Waals surface area contributed by atoms with Crippen molar-refractivity contribution in [3.8, 4) is 0 Å². The van der Waals surface area contributed by atoms with Crippen LogP contribution in [-0.2, 0) is 34.0 Å². The average molecular weight is 480 g/mol. The molecule has 6 heteroatoms. The van der Waals surface area contributed by atoms with Crippen LogP contribution in [0, 0.1) is 5.92 Å². The van der Waals surface area contributed by atoms with Gasteiger partial charge < -0.3 is 14.2 Å². The zero-order valence-electron chi connectivity index (χ0n) is 20.6. The lowest BCUT2D eigenvalue weighted by Gasteiger charge is -2.18. The van der Waals surface area contributed by atoms with Crippen molar-refractivity contribution in [3.63, 3.8) is 0 Å². The molecule has 6 nitrogen and oxygen atoms in total. The molecule has 0 saturated heterocycles. The van der Waals surface area contributed by atoms with Gasteiger partial charge in [0.15, 0.2) is 0 Å². The van der Waals surface area contributed by atoms with Crippen LogP contribution in [-0.4, -0.2) is 21.4 Å². The number of hydrogen-bond donors (Lipinski definition) is 0. The van der Waals surface area contributed by atoms with Crippen LogP contribution < -0.4 is 4.90 Å². The first-order valence-electron chi connectivity index (χ1n) is 12.3. The van der Waals surface area contributed by atoms with Gasteiger partial charge in [-0.2, -0.15) is 0 Å². The number of fused-ring (bicyclic) bond motifs is 2. The predicted molar refractivity (Wildman–Crippen MR) is 141 cm³/mol. The van der Waals surface area contributed by atoms with E-state index in [1.807, 2.05) is 72.8 Å². The Morgan fingerprint density at radius 3 is 2.50 bits per heavy atom. The summed E-state index contributed by atoms with van der Waals surface area (Å²) in [5, 5.41) is 0. The summed E-state index contributed by atoms with van der Waals surface area (Å²) in [7, 11) is 0. The van der Waals surface area contributed by atoms with Crippen LogP contribution in [0.5, 0.6) is 0 Å². The highest BCUT2D eigenvalue weighted by Gasteiger charge is 2.34. The molecule has 0 atom stereocenters. The second-order valence-corrected chi connectivity index (χ2v) is 9.41. The van der Waals surface area contributed by atoms with Crippen molar-refractivity contribution in [2.75, 3.05) is 4.90 Å². The van der Waals surface area contributed by atoms with E-state index in [0.29, 0.717) is 18.0 Å². The maximum atomic E-state index is 13.6. The maximum Gasteiger partial charge on any atom is 0.331 e. The van der Waals surface area contributed by atoms with Crippen molar-refractivity contribution in [2.24, 2.45) is 5.92 Å². The molecule has 3 aromatic carbocycles. The van der Waals surface area contributed by atoms with Gasteiger partial charge in [-0.3, -0.25) is 4.79 Å². The van der Waals surface area contributed by atoms with Gasteiger partial charge in [-0.05, 0) is 36.1 Å². The molecule has 1 aliphatic heterocycles. The Balaban J connectivity index is 1.43. The summed E-state index contributed by atoms with van der Waals surface area (Å²) in [5.41, 5.74) is 4.71. The number of anilines is 1. The van der Waals surface area contributed by atoms with Gasteiger partial charge >= 0.3 is 5.97 Å². The number of para-hydroxylation sites is 3. The quantitative estimate of drug-likeness (QED) is 0.238. The second kappa shape index (κ2) is 10.2. The molecule has 36 heavy (non-hydrogen) atoms. The van der Waals surface area contributed by atoms with E-state index < -0.39 is 5.97 Å². The van der Waals surface area contributed by atoms with E-state index in [2.05, 4.69) is 24.5 Å². The van der Waals surface area contributed by atoms with Crippen molar-refractivity contribution < 1.29 is 14.3 Å². The van der Waals surface area contributed by atoms with Crippen molar-refractivity contribution >= 4 is 34.2 Å². The summed E-state index contributed by atoms with van der Waals surface area (Å²) in [4.78, 5) is 32.8. The topological polar surface area (TPSA) is 64.4 Å². The van der Waals surface area contributed by atoms with Crippen LogP contribution in [0.25, 0.3) is 16.6 Å². The number of ether oxygens (including phenoxy) is 1. The van der Waals surface area contributed by atoms with Crippen LogP contribution in [0.3, 0.4) is 0 Å². The fourth-order valence-electron chi connectivity index (χ4n) is 4.52. The van der Waals surface area contributed by atoms with Crippen molar-refractivity contribution in [2.45, 2.75) is 40.0 Å². The minimum atomic E-state index is -0.539. The Bertz CT molecular complexity index is 1440. The number of rotatable bonds is 8. The number of aryl methyl sites for hydroxylation is 1. The van der Waals surface area contributed by atoms with Crippen LogP contribution in [0.15, 0.2) is 84.9 Å². The predicted octanol–water partition coefficient (Wildman–Crippen LogP) is 5.76. The highest BCUT2D eigenvalue weighted by Crippen LogP contribution is 2.37. The summed E-state index contributed by atoms with van der Waals surface area (Å²) in [6.45, 7) is 5.70. The maximum absolute atomic E-state index is 13.6. The second-order valence-electron chi connectivity index (χ2n) is 9.41. The largest absolute Gasteiger partial charge is 0.458 e. The first-order chi connectivity index (χ1) is 17.5. The zero-order valence-corrected chi connectivity index (χ0v) is 20.6. The fraction of sp³-hybridized carbons (Fsp3) is 0.233. The molecule has 182 valence electrons. The molecule has 0 fully saturated rings. The highest BCUT2D eigenvalue weighted by molar-refractivity contribution is 6.34. The van der Waals surface area contributed by atoms with Crippen molar-refractivity contribution in [1.29, 1.82) is 0 Å². The molecule has 0 aliphatic carbocycles. The third-order valence-electron chi connectivity index (χ3n) is 6.41. The van der Waals surface area contributed by atoms with Crippen molar-refractivity contribution in [3.05, 3.63) is 102 Å². The Labute approximate surface area is 210 Å². The first kappa shape index (κ1) is 23.5. The molecular weight excluding hydrogens is 450 g/mol. The number of aromatic nitrogens is 2. The van der Waals surface area contributed by atoms with Gasteiger partial charge in [0.2, 0.25) is 0 Å². The van der Waals surface area contributed by atoms with Gasteiger partial charge in [0, 0.05) is 18.2 Å². The van der Waals surface area contributed by atoms with Crippen molar-refractivity contribution in [1.82, 2.24) is 9.55 Å². The molecule has 1 aromatic heterocycles. The van der Waals surface area contributed by atoms with Crippen LogP contribution >= 0.6 is 0 Å². The Morgan fingerprint density at radius 2 is 1.69 bits per heavy atom. The monoisotopic (exact) mass is 479 g/mol. The smallest absolute Gasteiger partial charge is 0.331 e. The first-order valence-corrected chi connectivity index (χ1v) is 12.3. The number of benzene rings is 3. The summed E-state index contributed by atoms with van der Waals surface area (Å²) < 4.78 is 7.63. The number of esters is 1. The minimum absolute atomic E-state index is 0.156. The number of hydrogen-bond acceptors (Lipinski definition) is 4. The van der Waals surface area contributed by atoms with Gasteiger partial charge in [0.05, 0.1) is 28.8 Å².